The van der Waals surface area contributed by atoms with Gasteiger partial charge in [0.15, 0.2) is 0 Å². The zero-order valence-electron chi connectivity index (χ0n) is 11.4. The van der Waals surface area contributed by atoms with Crippen molar-refractivity contribution in [1.82, 2.24) is 0 Å². The van der Waals surface area contributed by atoms with Gasteiger partial charge in [0.25, 0.3) is 0 Å². The summed E-state index contributed by atoms with van der Waals surface area (Å²) in [7, 11) is 0. The largest absolute Gasteiger partial charge is 0.478 e. The van der Waals surface area contributed by atoms with Gasteiger partial charge in [-0.15, -0.1) is 0 Å². The lowest BCUT2D eigenvalue weighted by Gasteiger charge is -2.32. The molecule has 0 bridgehead atoms. The second-order valence-corrected chi connectivity index (χ2v) is 5.37. The van der Waals surface area contributed by atoms with Gasteiger partial charge in [0, 0.05) is 11.7 Å². The highest BCUT2D eigenvalue weighted by Crippen LogP contribution is 2.28. The van der Waals surface area contributed by atoms with Crippen LogP contribution in [-0.2, 0) is 0 Å². The zero-order chi connectivity index (χ0) is 13.8. The molecule has 2 rings (SSSR count). The van der Waals surface area contributed by atoms with Crippen molar-refractivity contribution < 1.29 is 9.90 Å². The van der Waals surface area contributed by atoms with Crippen molar-refractivity contribution in [2.75, 3.05) is 11.9 Å². The molecule has 0 heterocycles. The fourth-order valence-electron chi connectivity index (χ4n) is 2.79. The molecule has 1 aliphatic carbocycles. The quantitative estimate of drug-likeness (QED) is 0.779. The van der Waals surface area contributed by atoms with Crippen LogP contribution < -0.4 is 11.1 Å². The lowest BCUT2D eigenvalue weighted by Crippen LogP contribution is -2.36. The van der Waals surface area contributed by atoms with E-state index in [9.17, 15) is 4.79 Å². The molecule has 1 fully saturated rings. The Morgan fingerprint density at radius 2 is 2.16 bits per heavy atom. The van der Waals surface area contributed by atoms with E-state index in [-0.39, 0.29) is 0 Å². The molecule has 0 saturated heterocycles. The lowest BCUT2D eigenvalue weighted by atomic mass is 9.84. The van der Waals surface area contributed by atoms with Crippen LogP contribution in [0.25, 0.3) is 0 Å². The Morgan fingerprint density at radius 3 is 2.84 bits per heavy atom. The molecule has 2 unspecified atom stereocenters. The molecule has 0 aliphatic heterocycles. The number of carbonyl (C=O) groups is 1. The smallest absolute Gasteiger partial charge is 0.335 e. The molecule has 4 N–H and O–H groups in total. The van der Waals surface area contributed by atoms with Gasteiger partial charge >= 0.3 is 5.97 Å². The summed E-state index contributed by atoms with van der Waals surface area (Å²) in [6.45, 7) is 2.68. The summed E-state index contributed by atoms with van der Waals surface area (Å²) in [6.07, 6.45) is 4.73. The van der Waals surface area contributed by atoms with E-state index in [1.807, 2.05) is 13.0 Å². The van der Waals surface area contributed by atoms with Gasteiger partial charge < -0.3 is 16.2 Å². The van der Waals surface area contributed by atoms with Crippen LogP contribution in [0.3, 0.4) is 0 Å². The monoisotopic (exact) mass is 262 g/mol. The van der Waals surface area contributed by atoms with Crippen molar-refractivity contribution >= 4 is 11.7 Å². The highest BCUT2D eigenvalue weighted by molar-refractivity contribution is 5.89. The Balaban J connectivity index is 2.17. The van der Waals surface area contributed by atoms with Crippen LogP contribution in [0.15, 0.2) is 18.2 Å². The summed E-state index contributed by atoms with van der Waals surface area (Å²) in [6, 6.07) is 5.58. The maximum Gasteiger partial charge on any atom is 0.335 e. The average Bonchev–Trinajstić information content (AvgIpc) is 2.41. The SMILES string of the molecule is Cc1ccc(C(=O)O)cc1NC1CCCCC1CN. The predicted molar refractivity (Wildman–Crippen MR) is 76.6 cm³/mol. The standard InChI is InChI=1S/C15H22N2O2/c1-10-6-7-11(15(18)19)8-14(10)17-13-5-3-2-4-12(13)9-16/h6-8,12-13,17H,2-5,9,16H2,1H3,(H,18,19). The van der Waals surface area contributed by atoms with E-state index in [0.29, 0.717) is 24.1 Å². The number of hydrogen-bond donors (Lipinski definition) is 3. The summed E-state index contributed by atoms with van der Waals surface area (Å²) in [5.41, 5.74) is 8.15. The van der Waals surface area contributed by atoms with Crippen LogP contribution >= 0.6 is 0 Å². The minimum absolute atomic E-state index is 0.327. The summed E-state index contributed by atoms with van der Waals surface area (Å²) in [5, 5.41) is 12.6. The lowest BCUT2D eigenvalue weighted by molar-refractivity contribution is 0.0697. The van der Waals surface area contributed by atoms with E-state index in [1.165, 1.54) is 12.8 Å². The number of rotatable bonds is 4. The van der Waals surface area contributed by atoms with E-state index >= 15 is 0 Å². The predicted octanol–water partition coefficient (Wildman–Crippen LogP) is 2.62. The van der Waals surface area contributed by atoms with Crippen molar-refractivity contribution in [1.29, 1.82) is 0 Å². The Morgan fingerprint density at radius 1 is 1.42 bits per heavy atom. The van der Waals surface area contributed by atoms with Crippen molar-refractivity contribution in [2.45, 2.75) is 38.6 Å². The van der Waals surface area contributed by atoms with Gasteiger partial charge in [-0.25, -0.2) is 4.79 Å². The number of carboxylic acids is 1. The van der Waals surface area contributed by atoms with Gasteiger partial charge in [-0.3, -0.25) is 0 Å². The third-order valence-electron chi connectivity index (χ3n) is 4.04. The number of hydrogen-bond acceptors (Lipinski definition) is 3. The zero-order valence-corrected chi connectivity index (χ0v) is 11.4. The molecular weight excluding hydrogens is 240 g/mol. The molecule has 4 nitrogen and oxygen atoms in total. The van der Waals surface area contributed by atoms with E-state index in [1.54, 1.807) is 12.1 Å². The van der Waals surface area contributed by atoms with Gasteiger partial charge in [0.2, 0.25) is 0 Å². The van der Waals surface area contributed by atoms with Crippen LogP contribution in [0.5, 0.6) is 0 Å². The van der Waals surface area contributed by atoms with E-state index in [2.05, 4.69) is 5.32 Å². The highest BCUT2D eigenvalue weighted by Gasteiger charge is 2.24. The first kappa shape index (κ1) is 13.9. The molecule has 19 heavy (non-hydrogen) atoms. The molecule has 1 aromatic rings. The molecule has 1 aliphatic rings. The average molecular weight is 262 g/mol. The van der Waals surface area contributed by atoms with Gasteiger partial charge in [0.1, 0.15) is 0 Å². The maximum atomic E-state index is 11.0. The Hall–Kier alpha value is -1.55. The molecular formula is C15H22N2O2. The Bertz CT molecular complexity index is 459. The third kappa shape index (κ3) is 3.26. The van der Waals surface area contributed by atoms with E-state index < -0.39 is 5.97 Å². The fourth-order valence-corrected chi connectivity index (χ4v) is 2.79. The number of aromatic carboxylic acids is 1. The number of carboxylic acid groups (broad SMARTS) is 1. The van der Waals surface area contributed by atoms with E-state index in [0.717, 1.165) is 24.1 Å². The topological polar surface area (TPSA) is 75.3 Å². The fraction of sp³-hybridized carbons (Fsp3) is 0.533. The summed E-state index contributed by atoms with van der Waals surface area (Å²) in [4.78, 5) is 11.0. The summed E-state index contributed by atoms with van der Waals surface area (Å²) < 4.78 is 0. The van der Waals surface area contributed by atoms with Gasteiger partial charge in [-0.05, 0) is 49.9 Å². The van der Waals surface area contributed by atoms with Gasteiger partial charge in [-0.2, -0.15) is 0 Å². The molecule has 2 atom stereocenters. The van der Waals surface area contributed by atoms with Crippen molar-refractivity contribution in [3.63, 3.8) is 0 Å². The number of nitrogens with one attached hydrogen (secondary N) is 1. The Kier molecular flexibility index (Phi) is 4.43. The molecule has 0 spiro atoms. The van der Waals surface area contributed by atoms with Crippen LogP contribution in [0.1, 0.15) is 41.6 Å². The third-order valence-corrected chi connectivity index (χ3v) is 4.04. The summed E-state index contributed by atoms with van der Waals surface area (Å²) >= 11 is 0. The maximum absolute atomic E-state index is 11.0. The minimum atomic E-state index is -0.887. The van der Waals surface area contributed by atoms with Crippen LogP contribution in [0.4, 0.5) is 5.69 Å². The molecule has 0 aromatic heterocycles. The minimum Gasteiger partial charge on any atom is -0.478 e. The second kappa shape index (κ2) is 6.06. The molecule has 1 saturated carbocycles. The number of anilines is 1. The first-order chi connectivity index (χ1) is 9.11. The molecule has 0 radical (unpaired) electrons. The number of benzene rings is 1. The molecule has 1 aromatic carbocycles. The normalized spacial score (nSPS) is 23.1. The van der Waals surface area contributed by atoms with Gasteiger partial charge in [-0.1, -0.05) is 18.9 Å². The second-order valence-electron chi connectivity index (χ2n) is 5.37. The number of aryl methyl sites for hydroxylation is 1. The number of nitrogens with two attached hydrogens (primary N) is 1. The first-order valence-corrected chi connectivity index (χ1v) is 6.92. The van der Waals surface area contributed by atoms with Crippen LogP contribution in [0, 0.1) is 12.8 Å². The van der Waals surface area contributed by atoms with E-state index in [4.69, 9.17) is 10.8 Å². The van der Waals surface area contributed by atoms with Gasteiger partial charge in [0.05, 0.1) is 5.56 Å². The van der Waals surface area contributed by atoms with Crippen molar-refractivity contribution in [3.05, 3.63) is 29.3 Å². The molecule has 4 heteroatoms. The molecule has 0 amide bonds. The Labute approximate surface area is 114 Å². The van der Waals surface area contributed by atoms with Crippen molar-refractivity contribution in [3.8, 4) is 0 Å². The summed E-state index contributed by atoms with van der Waals surface area (Å²) in [5.74, 6) is -0.399. The van der Waals surface area contributed by atoms with Crippen LogP contribution in [0.2, 0.25) is 0 Å². The van der Waals surface area contributed by atoms with Crippen LogP contribution in [-0.4, -0.2) is 23.7 Å². The van der Waals surface area contributed by atoms with Crippen molar-refractivity contribution in [2.24, 2.45) is 11.7 Å². The molecule has 104 valence electrons. The first-order valence-electron chi connectivity index (χ1n) is 6.92. The highest BCUT2D eigenvalue weighted by atomic mass is 16.4.